The van der Waals surface area contributed by atoms with Crippen LogP contribution in [-0.2, 0) is 0 Å². The van der Waals surface area contributed by atoms with E-state index in [1.54, 1.807) is 0 Å². The van der Waals surface area contributed by atoms with Gasteiger partial charge in [0.25, 0.3) is 0 Å². The Morgan fingerprint density at radius 1 is 0.700 bits per heavy atom. The molecule has 0 N–H and O–H groups in total. The summed E-state index contributed by atoms with van der Waals surface area (Å²) in [6, 6.07) is 33.1. The van der Waals surface area contributed by atoms with Crippen molar-refractivity contribution in [2.24, 2.45) is 0 Å². The maximum Gasteiger partial charge on any atom is 0.0547 e. The average molecular weight is 390 g/mol. The first-order valence-corrected chi connectivity index (χ1v) is 10.9. The summed E-state index contributed by atoms with van der Waals surface area (Å²) in [5.74, 6) is 0.538. The van der Waals surface area contributed by atoms with Gasteiger partial charge in [0.2, 0.25) is 0 Å². The van der Waals surface area contributed by atoms with Crippen molar-refractivity contribution in [1.82, 2.24) is 4.57 Å². The van der Waals surface area contributed by atoms with Crippen LogP contribution >= 0.6 is 0 Å². The molecule has 1 heteroatoms. The van der Waals surface area contributed by atoms with Gasteiger partial charge in [0.15, 0.2) is 0 Å². The highest BCUT2D eigenvalue weighted by molar-refractivity contribution is 6.10. The van der Waals surface area contributed by atoms with Crippen LogP contribution in [0.15, 0.2) is 91.0 Å². The Bertz CT molecular complexity index is 1340. The first kappa shape index (κ1) is 18.7. The van der Waals surface area contributed by atoms with Crippen molar-refractivity contribution in [3.05, 3.63) is 102 Å². The lowest BCUT2D eigenvalue weighted by Gasteiger charge is -2.17. The smallest absolute Gasteiger partial charge is 0.0547 e. The molecule has 0 fully saturated rings. The van der Waals surface area contributed by atoms with Crippen LogP contribution in [0.2, 0.25) is 0 Å². The second-order valence-electron chi connectivity index (χ2n) is 8.27. The summed E-state index contributed by atoms with van der Waals surface area (Å²) in [5.41, 5.74) is 9.18. The van der Waals surface area contributed by atoms with Gasteiger partial charge >= 0.3 is 0 Å². The lowest BCUT2D eigenvalue weighted by Crippen LogP contribution is -1.97. The van der Waals surface area contributed by atoms with Crippen molar-refractivity contribution >= 4 is 21.8 Å². The van der Waals surface area contributed by atoms with Crippen molar-refractivity contribution in [1.29, 1.82) is 0 Å². The molecule has 0 saturated carbocycles. The molecule has 30 heavy (non-hydrogen) atoms. The molecule has 5 aromatic rings. The fourth-order valence-corrected chi connectivity index (χ4v) is 4.66. The molecule has 0 radical (unpaired) electrons. The third-order valence-corrected chi connectivity index (χ3v) is 6.43. The number of rotatable bonds is 4. The zero-order valence-electron chi connectivity index (χ0n) is 17.9. The highest BCUT2D eigenvalue weighted by Crippen LogP contribution is 2.39. The van der Waals surface area contributed by atoms with Gasteiger partial charge in [0.05, 0.1) is 11.0 Å². The van der Waals surface area contributed by atoms with Crippen LogP contribution < -0.4 is 0 Å². The summed E-state index contributed by atoms with van der Waals surface area (Å²) in [6.45, 7) is 6.84. The Morgan fingerprint density at radius 2 is 1.40 bits per heavy atom. The van der Waals surface area contributed by atoms with Gasteiger partial charge in [0.1, 0.15) is 0 Å². The molecule has 1 unspecified atom stereocenters. The Hall–Kier alpha value is -3.32. The molecule has 0 spiro atoms. The average Bonchev–Trinajstić information content (AvgIpc) is 3.12. The summed E-state index contributed by atoms with van der Waals surface area (Å²) >= 11 is 0. The molecule has 5 rings (SSSR count). The minimum Gasteiger partial charge on any atom is -0.309 e. The van der Waals surface area contributed by atoms with Crippen LogP contribution in [0.1, 0.15) is 37.3 Å². The van der Waals surface area contributed by atoms with Gasteiger partial charge in [-0.2, -0.15) is 0 Å². The molecule has 148 valence electrons. The lowest BCUT2D eigenvalue weighted by molar-refractivity contribution is 0.735. The second-order valence-corrected chi connectivity index (χ2v) is 8.27. The van der Waals surface area contributed by atoms with E-state index >= 15 is 0 Å². The number of fused-ring (bicyclic) bond motifs is 3. The van der Waals surface area contributed by atoms with Gasteiger partial charge in [-0.05, 0) is 71.8 Å². The molecular weight excluding hydrogens is 362 g/mol. The number of hydrogen-bond acceptors (Lipinski definition) is 0. The van der Waals surface area contributed by atoms with Gasteiger partial charge in [0, 0.05) is 16.5 Å². The van der Waals surface area contributed by atoms with Gasteiger partial charge in [-0.15, -0.1) is 0 Å². The fraction of sp³-hybridized carbons (Fsp3) is 0.172. The first-order valence-electron chi connectivity index (χ1n) is 10.9. The second kappa shape index (κ2) is 7.50. The zero-order chi connectivity index (χ0) is 20.7. The fourth-order valence-electron chi connectivity index (χ4n) is 4.66. The zero-order valence-corrected chi connectivity index (χ0v) is 17.9. The third-order valence-electron chi connectivity index (χ3n) is 6.43. The maximum absolute atomic E-state index is 2.40. The summed E-state index contributed by atoms with van der Waals surface area (Å²) in [5, 5.41) is 2.62. The standard InChI is InChI=1S/C29H27N/c1-4-20(2)23-14-8-9-15-24(23)26-19-29-27(18-21(26)3)25-16-10-11-17-28(25)30(29)22-12-6-5-7-13-22/h5-20H,4H2,1-3H3. The Balaban J connectivity index is 1.86. The van der Waals surface area contributed by atoms with Crippen LogP contribution in [0.25, 0.3) is 38.6 Å². The molecule has 1 nitrogen and oxygen atoms in total. The van der Waals surface area contributed by atoms with E-state index in [0.29, 0.717) is 5.92 Å². The van der Waals surface area contributed by atoms with Crippen molar-refractivity contribution in [3.8, 4) is 16.8 Å². The molecule has 0 amide bonds. The van der Waals surface area contributed by atoms with Crippen LogP contribution in [0.4, 0.5) is 0 Å². The molecule has 4 aromatic carbocycles. The maximum atomic E-state index is 2.40. The summed E-state index contributed by atoms with van der Waals surface area (Å²) in [7, 11) is 0. The van der Waals surface area contributed by atoms with E-state index in [9.17, 15) is 0 Å². The van der Waals surface area contributed by atoms with E-state index in [0.717, 1.165) is 6.42 Å². The SMILES string of the molecule is CCC(C)c1ccccc1-c1cc2c(cc1C)c1ccccc1n2-c1ccccc1. The monoisotopic (exact) mass is 389 g/mol. The lowest BCUT2D eigenvalue weighted by atomic mass is 9.88. The van der Waals surface area contributed by atoms with Crippen LogP contribution in [0, 0.1) is 6.92 Å². The third kappa shape index (κ3) is 2.93. The highest BCUT2D eigenvalue weighted by atomic mass is 15.0. The molecule has 1 atom stereocenters. The van der Waals surface area contributed by atoms with E-state index in [4.69, 9.17) is 0 Å². The molecule has 0 aliphatic rings. The molecule has 0 aliphatic heterocycles. The summed E-state index contributed by atoms with van der Waals surface area (Å²) in [4.78, 5) is 0. The van der Waals surface area contributed by atoms with Crippen LogP contribution in [0.3, 0.4) is 0 Å². The number of para-hydroxylation sites is 2. The largest absolute Gasteiger partial charge is 0.309 e. The van der Waals surface area contributed by atoms with Crippen molar-refractivity contribution in [2.75, 3.05) is 0 Å². The van der Waals surface area contributed by atoms with E-state index in [2.05, 4.69) is 116 Å². The molecule has 1 aromatic heterocycles. The first-order chi connectivity index (χ1) is 14.7. The Kier molecular flexibility index (Phi) is 4.67. The quantitative estimate of drug-likeness (QED) is 0.291. The number of aryl methyl sites for hydroxylation is 1. The van der Waals surface area contributed by atoms with Crippen molar-refractivity contribution < 1.29 is 0 Å². The van der Waals surface area contributed by atoms with Crippen molar-refractivity contribution in [3.63, 3.8) is 0 Å². The van der Waals surface area contributed by atoms with E-state index in [-0.39, 0.29) is 0 Å². The van der Waals surface area contributed by atoms with E-state index < -0.39 is 0 Å². The number of aromatic nitrogens is 1. The van der Waals surface area contributed by atoms with E-state index in [1.165, 1.54) is 49.7 Å². The van der Waals surface area contributed by atoms with E-state index in [1.807, 2.05) is 0 Å². The van der Waals surface area contributed by atoms with Gasteiger partial charge in [-0.1, -0.05) is 74.5 Å². The number of nitrogens with zero attached hydrogens (tertiary/aromatic N) is 1. The molecule has 0 bridgehead atoms. The van der Waals surface area contributed by atoms with Gasteiger partial charge < -0.3 is 4.57 Å². The van der Waals surface area contributed by atoms with Crippen molar-refractivity contribution in [2.45, 2.75) is 33.1 Å². The van der Waals surface area contributed by atoms with Crippen LogP contribution in [0.5, 0.6) is 0 Å². The topological polar surface area (TPSA) is 4.93 Å². The van der Waals surface area contributed by atoms with Gasteiger partial charge in [-0.25, -0.2) is 0 Å². The predicted octanol–water partition coefficient (Wildman–Crippen LogP) is 8.27. The molecular formula is C29H27N. The minimum atomic E-state index is 0.538. The Morgan fingerprint density at radius 3 is 2.20 bits per heavy atom. The molecule has 0 saturated heterocycles. The predicted molar refractivity (Wildman–Crippen MR) is 130 cm³/mol. The number of benzene rings is 4. The molecule has 1 heterocycles. The number of hydrogen-bond donors (Lipinski definition) is 0. The summed E-state index contributed by atoms with van der Waals surface area (Å²) in [6.07, 6.45) is 1.14. The minimum absolute atomic E-state index is 0.538. The normalized spacial score (nSPS) is 12.5. The van der Waals surface area contributed by atoms with Gasteiger partial charge in [-0.3, -0.25) is 0 Å². The highest BCUT2D eigenvalue weighted by Gasteiger charge is 2.17. The van der Waals surface area contributed by atoms with Crippen LogP contribution in [-0.4, -0.2) is 4.57 Å². The summed E-state index contributed by atoms with van der Waals surface area (Å²) < 4.78 is 2.40. The Labute approximate surface area is 178 Å². The molecule has 0 aliphatic carbocycles.